The Bertz CT molecular complexity index is 297. The number of carbonyl (C=O) groups excluding carboxylic acids is 1. The van der Waals surface area contributed by atoms with Gasteiger partial charge in [0.05, 0.1) is 5.69 Å². The Labute approximate surface area is 66.9 Å². The molecule has 0 fully saturated rings. The lowest BCUT2D eigenvalue weighted by atomic mass is 10.3. The summed E-state index contributed by atoms with van der Waals surface area (Å²) in [7, 11) is 0. The number of hydrogen-bond donors (Lipinski definition) is 3. The number of amides is 1. The number of rotatable bonds is 0. The van der Waals surface area contributed by atoms with Crippen molar-refractivity contribution >= 4 is 22.9 Å². The summed E-state index contributed by atoms with van der Waals surface area (Å²) < 4.78 is 0. The predicted molar refractivity (Wildman–Crippen MR) is 41.4 cm³/mol. The lowest BCUT2D eigenvalue weighted by Crippen LogP contribution is -2.43. The van der Waals surface area contributed by atoms with Crippen LogP contribution in [0.25, 0.3) is 0 Å². The van der Waals surface area contributed by atoms with Gasteiger partial charge in [0.1, 0.15) is 4.88 Å². The molecule has 1 unspecified atom stereocenters. The van der Waals surface area contributed by atoms with Crippen LogP contribution >= 0.6 is 11.3 Å². The minimum absolute atomic E-state index is 0.221. The van der Waals surface area contributed by atoms with Crippen LogP contribution in [0, 0.1) is 0 Å². The van der Waals surface area contributed by atoms with Gasteiger partial charge in [-0.25, -0.2) is 0 Å². The molecule has 58 valence electrons. The maximum atomic E-state index is 11.1. The minimum atomic E-state index is -0.954. The molecule has 0 bridgehead atoms. The summed E-state index contributed by atoms with van der Waals surface area (Å²) in [4.78, 5) is 11.7. The van der Waals surface area contributed by atoms with Crippen LogP contribution in [-0.4, -0.2) is 17.4 Å². The van der Waals surface area contributed by atoms with Gasteiger partial charge in [0.15, 0.2) is 0 Å². The van der Waals surface area contributed by atoms with Crippen molar-refractivity contribution in [1.29, 1.82) is 0 Å². The lowest BCUT2D eigenvalue weighted by Gasteiger charge is -2.20. The Morgan fingerprint density at radius 2 is 2.36 bits per heavy atom. The number of fused-ring (bicyclic) bond motifs is 1. The van der Waals surface area contributed by atoms with E-state index in [4.69, 9.17) is 5.11 Å². The average molecular weight is 170 g/mol. The summed E-state index contributed by atoms with van der Waals surface area (Å²) in [6, 6.07) is 1.77. The molecule has 0 radical (unpaired) electrons. The Morgan fingerprint density at radius 3 is 3.18 bits per heavy atom. The van der Waals surface area contributed by atoms with E-state index in [0.717, 1.165) is 0 Å². The second-order valence-corrected chi connectivity index (χ2v) is 3.10. The molecule has 3 N–H and O–H groups in total. The van der Waals surface area contributed by atoms with Crippen molar-refractivity contribution in [1.82, 2.24) is 5.32 Å². The van der Waals surface area contributed by atoms with Gasteiger partial charge in [-0.3, -0.25) is 4.79 Å². The van der Waals surface area contributed by atoms with Crippen molar-refractivity contribution in [3.05, 3.63) is 16.3 Å². The first-order chi connectivity index (χ1) is 5.27. The van der Waals surface area contributed by atoms with E-state index >= 15 is 0 Å². The van der Waals surface area contributed by atoms with Crippen LogP contribution in [0.4, 0.5) is 5.69 Å². The third-order valence-corrected chi connectivity index (χ3v) is 2.34. The maximum absolute atomic E-state index is 11.1. The molecule has 1 aromatic rings. The SMILES string of the molecule is O=C1NC(O)Nc2ccsc21. The minimum Gasteiger partial charge on any atom is -0.356 e. The Hall–Kier alpha value is -1.07. The van der Waals surface area contributed by atoms with Crippen molar-refractivity contribution < 1.29 is 9.90 Å². The first-order valence-corrected chi connectivity index (χ1v) is 3.98. The van der Waals surface area contributed by atoms with Crippen molar-refractivity contribution in [2.75, 3.05) is 5.32 Å². The molecule has 11 heavy (non-hydrogen) atoms. The molecule has 1 amide bonds. The smallest absolute Gasteiger partial charge is 0.266 e. The molecule has 4 nitrogen and oxygen atoms in total. The van der Waals surface area contributed by atoms with Gasteiger partial charge in [0.2, 0.25) is 6.35 Å². The Balaban J connectivity index is 2.44. The molecule has 1 aromatic heterocycles. The number of thiophene rings is 1. The standard InChI is InChI=1S/C6H6N2O2S/c9-5-4-3(1-2-11-4)7-6(10)8-5/h1-2,6-7,10H,(H,8,9). The highest BCUT2D eigenvalue weighted by atomic mass is 32.1. The van der Waals surface area contributed by atoms with Crippen LogP contribution in [-0.2, 0) is 0 Å². The van der Waals surface area contributed by atoms with E-state index in [1.54, 1.807) is 11.4 Å². The number of aliphatic hydroxyl groups excluding tert-OH is 1. The third-order valence-electron chi connectivity index (χ3n) is 1.43. The molecule has 5 heteroatoms. The van der Waals surface area contributed by atoms with E-state index < -0.39 is 6.35 Å². The van der Waals surface area contributed by atoms with Gasteiger partial charge in [0.25, 0.3) is 5.91 Å². The van der Waals surface area contributed by atoms with Crippen LogP contribution in [0.2, 0.25) is 0 Å². The lowest BCUT2D eigenvalue weighted by molar-refractivity contribution is 0.0819. The molecular formula is C6H6N2O2S. The molecule has 2 heterocycles. The summed E-state index contributed by atoms with van der Waals surface area (Å²) >= 11 is 1.35. The summed E-state index contributed by atoms with van der Waals surface area (Å²) in [6.45, 7) is 0. The number of aliphatic hydroxyl groups is 1. The van der Waals surface area contributed by atoms with Crippen molar-refractivity contribution in [2.45, 2.75) is 6.35 Å². The van der Waals surface area contributed by atoms with Gasteiger partial charge in [0, 0.05) is 0 Å². The van der Waals surface area contributed by atoms with Crippen molar-refractivity contribution in [2.24, 2.45) is 0 Å². The maximum Gasteiger partial charge on any atom is 0.266 e. The predicted octanol–water partition coefficient (Wildman–Crippen LogP) is 0.179. The van der Waals surface area contributed by atoms with Crippen LogP contribution in [0.5, 0.6) is 0 Å². The largest absolute Gasteiger partial charge is 0.356 e. The van der Waals surface area contributed by atoms with Crippen molar-refractivity contribution in [3.8, 4) is 0 Å². The summed E-state index contributed by atoms with van der Waals surface area (Å²) in [5, 5.41) is 15.8. The zero-order valence-corrected chi connectivity index (χ0v) is 6.31. The molecule has 0 spiro atoms. The summed E-state index contributed by atoms with van der Waals surface area (Å²) in [6.07, 6.45) is -0.954. The fraction of sp³-hybridized carbons (Fsp3) is 0.167. The molecule has 1 atom stereocenters. The quantitative estimate of drug-likeness (QED) is 0.520. The zero-order chi connectivity index (χ0) is 7.84. The molecular weight excluding hydrogens is 164 g/mol. The summed E-state index contributed by atoms with van der Waals surface area (Å²) in [5.74, 6) is -0.221. The average Bonchev–Trinajstić information content (AvgIpc) is 2.34. The van der Waals surface area contributed by atoms with Gasteiger partial charge in [-0.1, -0.05) is 0 Å². The Kier molecular flexibility index (Phi) is 1.33. The van der Waals surface area contributed by atoms with Crippen LogP contribution in [0.1, 0.15) is 9.67 Å². The number of nitrogens with one attached hydrogen (secondary N) is 2. The van der Waals surface area contributed by atoms with E-state index in [9.17, 15) is 4.79 Å². The topological polar surface area (TPSA) is 61.4 Å². The van der Waals surface area contributed by atoms with E-state index in [-0.39, 0.29) is 5.91 Å². The first kappa shape index (κ1) is 6.63. The van der Waals surface area contributed by atoms with E-state index in [1.165, 1.54) is 11.3 Å². The molecule has 2 rings (SSSR count). The van der Waals surface area contributed by atoms with E-state index in [2.05, 4.69) is 10.6 Å². The number of anilines is 1. The number of hydrogen-bond acceptors (Lipinski definition) is 4. The Morgan fingerprint density at radius 1 is 1.55 bits per heavy atom. The normalized spacial score (nSPS) is 21.9. The molecule has 1 aliphatic heterocycles. The van der Waals surface area contributed by atoms with E-state index in [1.807, 2.05) is 0 Å². The molecule has 0 saturated carbocycles. The second kappa shape index (κ2) is 2.21. The van der Waals surface area contributed by atoms with Gasteiger partial charge in [-0.2, -0.15) is 0 Å². The second-order valence-electron chi connectivity index (χ2n) is 2.18. The fourth-order valence-electron chi connectivity index (χ4n) is 0.972. The van der Waals surface area contributed by atoms with Crippen LogP contribution in [0.15, 0.2) is 11.4 Å². The van der Waals surface area contributed by atoms with Gasteiger partial charge in [-0.05, 0) is 11.4 Å². The fourth-order valence-corrected chi connectivity index (χ4v) is 1.73. The molecule has 0 aromatic carbocycles. The van der Waals surface area contributed by atoms with Gasteiger partial charge in [-0.15, -0.1) is 11.3 Å². The zero-order valence-electron chi connectivity index (χ0n) is 5.50. The van der Waals surface area contributed by atoms with Crippen LogP contribution in [0.3, 0.4) is 0 Å². The highest BCUT2D eigenvalue weighted by Crippen LogP contribution is 2.24. The monoisotopic (exact) mass is 170 g/mol. The summed E-state index contributed by atoms with van der Waals surface area (Å²) in [5.41, 5.74) is 0.700. The van der Waals surface area contributed by atoms with Gasteiger partial charge < -0.3 is 15.7 Å². The van der Waals surface area contributed by atoms with Crippen molar-refractivity contribution in [3.63, 3.8) is 0 Å². The first-order valence-electron chi connectivity index (χ1n) is 3.10. The molecule has 1 aliphatic rings. The van der Waals surface area contributed by atoms with E-state index in [0.29, 0.717) is 10.6 Å². The third kappa shape index (κ3) is 0.979. The molecule has 0 saturated heterocycles. The highest BCUT2D eigenvalue weighted by Gasteiger charge is 2.22. The molecule has 0 aliphatic carbocycles. The van der Waals surface area contributed by atoms with Gasteiger partial charge >= 0.3 is 0 Å². The highest BCUT2D eigenvalue weighted by molar-refractivity contribution is 7.12. The van der Waals surface area contributed by atoms with Crippen LogP contribution < -0.4 is 10.6 Å². The number of carbonyl (C=O) groups is 1.